The van der Waals surface area contributed by atoms with Crippen molar-refractivity contribution in [3.05, 3.63) is 0 Å². The average Bonchev–Trinajstić information content (AvgIpc) is 3.40. The third-order valence-electron chi connectivity index (χ3n) is 11.1. The van der Waals surface area contributed by atoms with Gasteiger partial charge in [-0.2, -0.15) is 0 Å². The van der Waals surface area contributed by atoms with Crippen molar-refractivity contribution in [2.45, 2.75) is 148 Å². The van der Waals surface area contributed by atoms with Gasteiger partial charge in [0, 0.05) is 19.3 Å². The molecule has 3 aliphatic heterocycles. The average molecular weight is 760 g/mol. The van der Waals surface area contributed by atoms with E-state index < -0.39 is 165 Å². The summed E-state index contributed by atoms with van der Waals surface area (Å²) in [6.07, 6.45) is -20.9. The summed E-state index contributed by atoms with van der Waals surface area (Å²) < 4.78 is 28.1. The second kappa shape index (κ2) is 15.6. The number of ketones is 2. The molecule has 4 rings (SSSR count). The molecule has 52 heavy (non-hydrogen) atoms. The monoisotopic (exact) mass is 759 g/mol. The predicted octanol–water partition coefficient (Wildman–Crippen LogP) is -8.44. The Morgan fingerprint density at radius 3 is 1.77 bits per heavy atom. The molecule has 0 aromatic carbocycles. The zero-order valence-electron chi connectivity index (χ0n) is 28.6. The van der Waals surface area contributed by atoms with E-state index >= 15 is 0 Å². The topological polar surface area (TPSA) is 401 Å². The van der Waals surface area contributed by atoms with Crippen LogP contribution in [0.3, 0.4) is 0 Å². The molecule has 0 aromatic rings. The molecule has 0 aromatic heterocycles. The summed E-state index contributed by atoms with van der Waals surface area (Å²) in [4.78, 5) is 26.4. The summed E-state index contributed by atoms with van der Waals surface area (Å²) in [7, 11) is 0. The maximum Gasteiger partial charge on any atom is 0.218 e. The quantitative estimate of drug-likeness (QED) is 0.0612. The van der Waals surface area contributed by atoms with Crippen LogP contribution in [0.1, 0.15) is 46.0 Å². The Kier molecular flexibility index (Phi) is 13.0. The Morgan fingerprint density at radius 2 is 1.29 bits per heavy atom. The van der Waals surface area contributed by atoms with Crippen LogP contribution in [0.2, 0.25) is 0 Å². The van der Waals surface area contributed by atoms with Crippen molar-refractivity contribution in [3.8, 4) is 0 Å². The lowest BCUT2D eigenvalue weighted by atomic mass is 9.56. The van der Waals surface area contributed by atoms with Crippen molar-refractivity contribution < 1.29 is 94.6 Å². The van der Waals surface area contributed by atoms with Gasteiger partial charge in [-0.15, -0.1) is 0 Å². The first kappa shape index (κ1) is 43.3. The Morgan fingerprint density at radius 1 is 0.788 bits per heavy atom. The van der Waals surface area contributed by atoms with Gasteiger partial charge in [-0.3, -0.25) is 9.59 Å². The van der Waals surface area contributed by atoms with E-state index in [2.05, 4.69) is 0 Å². The fourth-order valence-electron chi connectivity index (χ4n) is 8.00. The van der Waals surface area contributed by atoms with Crippen LogP contribution in [0.5, 0.6) is 0 Å². The number of hydrogen-bond donors (Lipinski definition) is 15. The smallest absolute Gasteiger partial charge is 0.218 e. The van der Waals surface area contributed by atoms with E-state index in [0.29, 0.717) is 0 Å². The van der Waals surface area contributed by atoms with Crippen LogP contribution in [0.4, 0.5) is 0 Å². The minimum atomic E-state index is -4.10. The number of rotatable bonds is 13. The van der Waals surface area contributed by atoms with E-state index in [1.165, 1.54) is 13.8 Å². The SMILES string of the molecule is CCCC(O)(O)[C@]1(CO)O[C@H](OC2[C@@H](CO)O[C@@H](OC3[C@@H](CO)O[C@@H](O)[C@H](N)[C@H]3O)[C@H](N)[C@H]2O)[C@H](N)[C@@H](O)[C@@]1(O)C(O)(O)C1(CC)C(=O)CCC1=O. The highest BCUT2D eigenvalue weighted by Gasteiger charge is 2.83. The molecule has 1 aliphatic carbocycles. The molecule has 1 saturated carbocycles. The zero-order valence-corrected chi connectivity index (χ0v) is 28.6. The molecule has 3 heterocycles. The summed E-state index contributed by atoms with van der Waals surface area (Å²) in [6.45, 7) is -0.870. The van der Waals surface area contributed by atoms with Gasteiger partial charge in [-0.25, -0.2) is 0 Å². The number of ether oxygens (including phenoxy) is 5. The van der Waals surface area contributed by atoms with Crippen LogP contribution in [-0.2, 0) is 33.3 Å². The summed E-state index contributed by atoms with van der Waals surface area (Å²) >= 11 is 0. The second-order valence-electron chi connectivity index (χ2n) is 13.9. The molecule has 4 aliphatic rings. The second-order valence-corrected chi connectivity index (χ2v) is 13.9. The lowest BCUT2D eigenvalue weighted by Crippen LogP contribution is -2.90. The molecule has 4 fully saturated rings. The Balaban J connectivity index is 1.72. The number of nitrogens with two attached hydrogens (primary N) is 3. The first-order valence-electron chi connectivity index (χ1n) is 17.0. The van der Waals surface area contributed by atoms with Crippen molar-refractivity contribution in [1.29, 1.82) is 0 Å². The van der Waals surface area contributed by atoms with Crippen LogP contribution in [-0.4, -0.2) is 195 Å². The Bertz CT molecular complexity index is 1260. The number of hydrogen-bond acceptors (Lipinski definition) is 22. The molecule has 22 nitrogen and oxygen atoms in total. The molecule has 0 radical (unpaired) electrons. The molecular weight excluding hydrogens is 706 g/mol. The fraction of sp³-hybridized carbons (Fsp3) is 0.933. The summed E-state index contributed by atoms with van der Waals surface area (Å²) in [6, 6.07) is -5.21. The molecule has 302 valence electrons. The first-order valence-corrected chi connectivity index (χ1v) is 17.0. The molecule has 22 heteroatoms. The van der Waals surface area contributed by atoms with Crippen LogP contribution in [0.25, 0.3) is 0 Å². The molecule has 3 saturated heterocycles. The van der Waals surface area contributed by atoms with Crippen molar-refractivity contribution in [2.75, 3.05) is 19.8 Å². The number of aliphatic hydroxyl groups excluding tert-OH is 7. The molecule has 0 spiro atoms. The Labute approximate surface area is 297 Å². The van der Waals surface area contributed by atoms with Crippen LogP contribution < -0.4 is 17.2 Å². The number of carbonyl (C=O) groups excluding carboxylic acids is 2. The summed E-state index contributed by atoms with van der Waals surface area (Å²) in [5.41, 5.74) is 7.77. The van der Waals surface area contributed by atoms with Gasteiger partial charge in [0.1, 0.15) is 48.1 Å². The molecular formula is C30H53N3O19. The van der Waals surface area contributed by atoms with Crippen molar-refractivity contribution in [3.63, 3.8) is 0 Å². The summed E-state index contributed by atoms with van der Waals surface area (Å²) in [5, 5.41) is 133. The van der Waals surface area contributed by atoms with Crippen molar-refractivity contribution >= 4 is 11.6 Å². The molecule has 15 atom stereocenters. The van der Waals surface area contributed by atoms with Gasteiger partial charge in [-0.05, 0) is 6.42 Å². The zero-order chi connectivity index (χ0) is 39.4. The largest absolute Gasteiger partial charge is 0.394 e. The van der Waals surface area contributed by atoms with E-state index in [1.807, 2.05) is 0 Å². The lowest BCUT2D eigenvalue weighted by Gasteiger charge is -2.64. The maximum atomic E-state index is 13.2. The van der Waals surface area contributed by atoms with Crippen molar-refractivity contribution in [1.82, 2.24) is 0 Å². The molecule has 0 bridgehead atoms. The Hall–Kier alpha value is -1.46. The molecule has 0 amide bonds. The van der Waals surface area contributed by atoms with Gasteiger partial charge < -0.3 is 102 Å². The van der Waals surface area contributed by atoms with Gasteiger partial charge in [0.25, 0.3) is 0 Å². The van der Waals surface area contributed by atoms with Gasteiger partial charge in [0.05, 0.1) is 37.9 Å². The standard InChI is InChI=1S/C30H53N3O19/c1-3-7-28(43,44)27(10-36)29(45,30(46,47)26(4-2)13(37)5-6-14(26)38)22(41)17(33)25(52-27)51-21-12(9-35)49-24(16(32)19(21)40)50-20-11(8-34)48-23(42)15(31)18(20)39/h11-12,15-25,34-36,39-47H,3-10,31-33H2,1-2H3/t11-,12-,15-,16-,17-,18-,19-,20?,21?,22-,23-,24+,25+,27+,29+/m1/s1. The normalized spacial score (nSPS) is 44.7. The van der Waals surface area contributed by atoms with Gasteiger partial charge in [0.15, 0.2) is 47.4 Å². The first-order chi connectivity index (χ1) is 24.2. The van der Waals surface area contributed by atoms with E-state index in [1.54, 1.807) is 0 Å². The lowest BCUT2D eigenvalue weighted by molar-refractivity contribution is -0.479. The molecule has 2 unspecified atom stereocenters. The van der Waals surface area contributed by atoms with E-state index in [0.717, 1.165) is 0 Å². The van der Waals surface area contributed by atoms with E-state index in [4.69, 9.17) is 40.9 Å². The highest BCUT2D eigenvalue weighted by Crippen LogP contribution is 2.57. The maximum absolute atomic E-state index is 13.2. The van der Waals surface area contributed by atoms with Gasteiger partial charge >= 0.3 is 0 Å². The number of Topliss-reactive ketones (excluding diaryl/α,β-unsaturated/α-hetero) is 2. The van der Waals surface area contributed by atoms with Gasteiger partial charge in [0.2, 0.25) is 5.79 Å². The van der Waals surface area contributed by atoms with Crippen LogP contribution in [0, 0.1) is 5.41 Å². The fourth-order valence-corrected chi connectivity index (χ4v) is 8.00. The highest BCUT2D eigenvalue weighted by molar-refractivity contribution is 6.14. The third-order valence-corrected chi connectivity index (χ3v) is 11.1. The van der Waals surface area contributed by atoms with Crippen molar-refractivity contribution in [2.24, 2.45) is 22.6 Å². The summed E-state index contributed by atoms with van der Waals surface area (Å²) in [5.74, 6) is -9.76. The van der Waals surface area contributed by atoms with Crippen LogP contribution in [0.15, 0.2) is 0 Å². The van der Waals surface area contributed by atoms with Gasteiger partial charge in [-0.1, -0.05) is 20.3 Å². The minimum Gasteiger partial charge on any atom is -0.394 e. The van der Waals surface area contributed by atoms with E-state index in [-0.39, 0.29) is 6.42 Å². The minimum absolute atomic E-state index is 0.137. The number of carbonyl (C=O) groups is 2. The number of aliphatic hydroxyl groups is 12. The molecule has 18 N–H and O–H groups in total. The van der Waals surface area contributed by atoms with E-state index in [9.17, 15) is 70.9 Å². The van der Waals surface area contributed by atoms with Crippen LogP contribution >= 0.6 is 0 Å². The highest BCUT2D eigenvalue weighted by atomic mass is 16.8. The predicted molar refractivity (Wildman–Crippen MR) is 166 cm³/mol. The third kappa shape index (κ3) is 6.24.